The van der Waals surface area contributed by atoms with Gasteiger partial charge in [-0.3, -0.25) is 4.79 Å². The van der Waals surface area contributed by atoms with Gasteiger partial charge in [0.25, 0.3) is 0 Å². The Hall–Kier alpha value is -0.570. The molecule has 0 aliphatic rings. The van der Waals surface area contributed by atoms with Crippen molar-refractivity contribution in [2.75, 3.05) is 13.1 Å². The Morgan fingerprint density at radius 1 is 1.19 bits per heavy atom. The van der Waals surface area contributed by atoms with E-state index in [1.807, 2.05) is 13.8 Å². The molecule has 3 heteroatoms. The molecule has 0 aliphatic carbocycles. The highest BCUT2D eigenvalue weighted by atomic mass is 16.2. The second-order valence-corrected chi connectivity index (χ2v) is 5.76. The summed E-state index contributed by atoms with van der Waals surface area (Å²) >= 11 is 0. The van der Waals surface area contributed by atoms with E-state index in [1.165, 1.54) is 0 Å². The van der Waals surface area contributed by atoms with Crippen molar-refractivity contribution in [3.8, 4) is 0 Å². The van der Waals surface area contributed by atoms with E-state index in [9.17, 15) is 4.79 Å². The van der Waals surface area contributed by atoms with Crippen LogP contribution >= 0.6 is 0 Å². The lowest BCUT2D eigenvalue weighted by molar-refractivity contribution is -0.131. The van der Waals surface area contributed by atoms with Crippen LogP contribution in [0.5, 0.6) is 0 Å². The molecule has 0 rings (SSSR count). The summed E-state index contributed by atoms with van der Waals surface area (Å²) in [7, 11) is 0. The van der Waals surface area contributed by atoms with Crippen LogP contribution in [0.2, 0.25) is 0 Å². The summed E-state index contributed by atoms with van der Waals surface area (Å²) in [6.07, 6.45) is 2.61. The second-order valence-electron chi connectivity index (χ2n) is 5.76. The Labute approximate surface area is 100 Å². The first-order valence-corrected chi connectivity index (χ1v) is 6.29. The molecule has 0 saturated heterocycles. The van der Waals surface area contributed by atoms with Gasteiger partial charge in [0, 0.05) is 13.1 Å². The van der Waals surface area contributed by atoms with Crippen molar-refractivity contribution in [3.63, 3.8) is 0 Å². The normalized spacial score (nSPS) is 12.6. The maximum absolute atomic E-state index is 12.1. The fourth-order valence-corrected chi connectivity index (χ4v) is 1.69. The monoisotopic (exact) mass is 228 g/mol. The maximum Gasteiger partial charge on any atom is 0.227 e. The van der Waals surface area contributed by atoms with Crippen molar-refractivity contribution >= 4 is 5.91 Å². The van der Waals surface area contributed by atoms with Crippen molar-refractivity contribution < 1.29 is 4.79 Å². The quantitative estimate of drug-likeness (QED) is 0.733. The summed E-state index contributed by atoms with van der Waals surface area (Å²) in [5, 5.41) is 3.01. The topological polar surface area (TPSA) is 55.1 Å². The molecular formula is C13H28N2O. The molecule has 0 fully saturated rings. The van der Waals surface area contributed by atoms with E-state index in [0.29, 0.717) is 6.54 Å². The molecule has 3 nitrogen and oxygen atoms in total. The molecule has 0 unspecified atom stereocenters. The zero-order valence-corrected chi connectivity index (χ0v) is 11.5. The van der Waals surface area contributed by atoms with Crippen LogP contribution in [0.4, 0.5) is 0 Å². The Kier molecular flexibility index (Phi) is 6.01. The molecule has 0 radical (unpaired) electrons. The number of amides is 1. The van der Waals surface area contributed by atoms with Gasteiger partial charge in [-0.2, -0.15) is 0 Å². The average molecular weight is 228 g/mol. The van der Waals surface area contributed by atoms with Gasteiger partial charge in [-0.1, -0.05) is 34.6 Å². The number of hydrogen-bond acceptors (Lipinski definition) is 2. The van der Waals surface area contributed by atoms with E-state index in [4.69, 9.17) is 5.73 Å². The summed E-state index contributed by atoms with van der Waals surface area (Å²) in [5.74, 6) is 0.115. The van der Waals surface area contributed by atoms with Gasteiger partial charge in [0.05, 0.1) is 5.41 Å². The van der Waals surface area contributed by atoms with E-state index in [0.717, 1.165) is 25.8 Å². The number of nitrogens with one attached hydrogen (secondary N) is 1. The van der Waals surface area contributed by atoms with Crippen molar-refractivity contribution in [1.29, 1.82) is 0 Å². The first-order chi connectivity index (χ1) is 7.31. The summed E-state index contributed by atoms with van der Waals surface area (Å²) in [4.78, 5) is 12.1. The predicted octanol–water partition coefficient (Wildman–Crippen LogP) is 2.30. The fraction of sp³-hybridized carbons (Fsp3) is 0.923. The molecule has 96 valence electrons. The molecule has 0 bridgehead atoms. The van der Waals surface area contributed by atoms with E-state index < -0.39 is 0 Å². The van der Waals surface area contributed by atoms with Crippen LogP contribution in [-0.2, 0) is 4.79 Å². The Morgan fingerprint density at radius 2 is 1.69 bits per heavy atom. The lowest BCUT2D eigenvalue weighted by atomic mass is 9.81. The fourth-order valence-electron chi connectivity index (χ4n) is 1.69. The van der Waals surface area contributed by atoms with Gasteiger partial charge in [-0.15, -0.1) is 0 Å². The highest BCUT2D eigenvalue weighted by Crippen LogP contribution is 2.25. The van der Waals surface area contributed by atoms with Crippen LogP contribution in [0.1, 0.15) is 53.9 Å². The van der Waals surface area contributed by atoms with Crippen LogP contribution in [0, 0.1) is 10.8 Å². The van der Waals surface area contributed by atoms with Gasteiger partial charge in [0.2, 0.25) is 5.91 Å². The molecule has 0 aromatic carbocycles. The van der Waals surface area contributed by atoms with Gasteiger partial charge in [-0.25, -0.2) is 0 Å². The SMILES string of the molecule is CCC(CC)(CN)C(=O)NCCC(C)(C)C. The molecule has 0 aromatic heterocycles. The van der Waals surface area contributed by atoms with Crippen molar-refractivity contribution in [2.24, 2.45) is 16.6 Å². The van der Waals surface area contributed by atoms with E-state index in [2.05, 4.69) is 26.1 Å². The number of rotatable bonds is 6. The smallest absolute Gasteiger partial charge is 0.227 e. The van der Waals surface area contributed by atoms with Crippen molar-refractivity contribution in [2.45, 2.75) is 53.9 Å². The highest BCUT2D eigenvalue weighted by Gasteiger charge is 2.32. The summed E-state index contributed by atoms with van der Waals surface area (Å²) < 4.78 is 0. The Balaban J connectivity index is 4.23. The standard InChI is InChI=1S/C13H28N2O/c1-6-13(7-2,10-14)11(16)15-9-8-12(3,4)5/h6-10,14H2,1-5H3,(H,15,16). The molecule has 0 saturated carbocycles. The van der Waals surface area contributed by atoms with Crippen LogP contribution in [-0.4, -0.2) is 19.0 Å². The van der Waals surface area contributed by atoms with Crippen LogP contribution in [0.3, 0.4) is 0 Å². The van der Waals surface area contributed by atoms with E-state index >= 15 is 0 Å². The third kappa shape index (κ3) is 4.52. The molecule has 0 heterocycles. The van der Waals surface area contributed by atoms with Crippen LogP contribution in [0.25, 0.3) is 0 Å². The number of nitrogens with two attached hydrogens (primary N) is 1. The average Bonchev–Trinajstić information content (AvgIpc) is 2.19. The molecule has 1 amide bonds. The lowest BCUT2D eigenvalue weighted by Gasteiger charge is -2.29. The minimum atomic E-state index is -0.363. The van der Waals surface area contributed by atoms with E-state index in [-0.39, 0.29) is 16.7 Å². The van der Waals surface area contributed by atoms with Gasteiger partial charge in [0.15, 0.2) is 0 Å². The zero-order valence-electron chi connectivity index (χ0n) is 11.5. The summed E-state index contributed by atoms with van der Waals surface area (Å²) in [5.41, 5.74) is 5.62. The van der Waals surface area contributed by atoms with Gasteiger partial charge in [0.1, 0.15) is 0 Å². The number of carbonyl (C=O) groups is 1. The third-order valence-corrected chi connectivity index (χ3v) is 3.39. The van der Waals surface area contributed by atoms with Gasteiger partial charge < -0.3 is 11.1 Å². The van der Waals surface area contributed by atoms with Crippen LogP contribution in [0.15, 0.2) is 0 Å². The molecule has 0 atom stereocenters. The third-order valence-electron chi connectivity index (χ3n) is 3.39. The maximum atomic E-state index is 12.1. The number of hydrogen-bond donors (Lipinski definition) is 2. The molecule has 0 aliphatic heterocycles. The highest BCUT2D eigenvalue weighted by molar-refractivity contribution is 5.82. The zero-order chi connectivity index (χ0) is 12.8. The van der Waals surface area contributed by atoms with Crippen molar-refractivity contribution in [1.82, 2.24) is 5.32 Å². The summed E-state index contributed by atoms with van der Waals surface area (Å²) in [6, 6.07) is 0. The second kappa shape index (κ2) is 6.24. The van der Waals surface area contributed by atoms with Gasteiger partial charge in [-0.05, 0) is 24.7 Å². The Morgan fingerprint density at radius 3 is 2.00 bits per heavy atom. The van der Waals surface area contributed by atoms with Crippen molar-refractivity contribution in [3.05, 3.63) is 0 Å². The molecule has 3 N–H and O–H groups in total. The number of carbonyl (C=O) groups excluding carboxylic acids is 1. The lowest BCUT2D eigenvalue weighted by Crippen LogP contribution is -2.45. The minimum absolute atomic E-state index is 0.115. The van der Waals surface area contributed by atoms with E-state index in [1.54, 1.807) is 0 Å². The predicted molar refractivity (Wildman–Crippen MR) is 69.2 cm³/mol. The largest absolute Gasteiger partial charge is 0.356 e. The minimum Gasteiger partial charge on any atom is -0.356 e. The first-order valence-electron chi connectivity index (χ1n) is 6.29. The molecule has 0 aromatic rings. The first kappa shape index (κ1) is 15.4. The van der Waals surface area contributed by atoms with Gasteiger partial charge >= 0.3 is 0 Å². The summed E-state index contributed by atoms with van der Waals surface area (Å²) in [6.45, 7) is 11.8. The van der Waals surface area contributed by atoms with Crippen LogP contribution < -0.4 is 11.1 Å². The Bertz CT molecular complexity index is 206. The molecule has 16 heavy (non-hydrogen) atoms. The molecule has 0 spiro atoms. The molecular weight excluding hydrogens is 200 g/mol.